The van der Waals surface area contributed by atoms with Crippen LogP contribution in [0.4, 0.5) is 0 Å². The third kappa shape index (κ3) is 2.44. The minimum Gasteiger partial charge on any atom is -0.496 e. The molecule has 2 aromatic rings. The van der Waals surface area contributed by atoms with E-state index in [1.807, 2.05) is 24.3 Å². The molecule has 1 atom stereocenters. The second-order valence-corrected chi connectivity index (χ2v) is 8.20. The Labute approximate surface area is 133 Å². The van der Waals surface area contributed by atoms with Crippen LogP contribution in [0.3, 0.4) is 0 Å². The molecule has 4 heteroatoms. The molecular formula is C18H21O3P. The molecule has 1 heterocycles. The Balaban J connectivity index is 2.25. The van der Waals surface area contributed by atoms with Gasteiger partial charge in [-0.15, -0.1) is 0 Å². The number of methoxy groups -OCH3 is 2. The summed E-state index contributed by atoms with van der Waals surface area (Å²) < 4.78 is 17.1. The number of rotatable bonds is 4. The molecule has 0 saturated carbocycles. The zero-order valence-corrected chi connectivity index (χ0v) is 14.3. The molecule has 3 nitrogen and oxygen atoms in total. The summed E-state index contributed by atoms with van der Waals surface area (Å²) in [6, 6.07) is 12.2. The minimum atomic E-state index is -0.332. The van der Waals surface area contributed by atoms with E-state index in [9.17, 15) is 0 Å². The maximum absolute atomic E-state index is 5.93. The van der Waals surface area contributed by atoms with Gasteiger partial charge in [-0.2, -0.15) is 0 Å². The summed E-state index contributed by atoms with van der Waals surface area (Å²) in [5.41, 5.74) is 2.77. The van der Waals surface area contributed by atoms with Crippen molar-refractivity contribution in [2.75, 3.05) is 20.6 Å². The predicted octanol–water partition coefficient (Wildman–Crippen LogP) is 4.24. The molecule has 0 N–H and O–H groups in total. The molecule has 0 aromatic heterocycles. The van der Waals surface area contributed by atoms with Gasteiger partial charge in [0.1, 0.15) is 23.6 Å². The summed E-state index contributed by atoms with van der Waals surface area (Å²) in [6.45, 7) is 4.53. The van der Waals surface area contributed by atoms with Crippen molar-refractivity contribution in [3.63, 3.8) is 0 Å². The Kier molecular flexibility index (Phi) is 4.26. The van der Waals surface area contributed by atoms with Gasteiger partial charge < -0.3 is 14.2 Å². The van der Waals surface area contributed by atoms with Crippen LogP contribution in [0.1, 0.15) is 13.8 Å². The van der Waals surface area contributed by atoms with E-state index >= 15 is 0 Å². The van der Waals surface area contributed by atoms with E-state index in [0.717, 1.165) is 29.2 Å². The Bertz CT molecular complexity index is 660. The van der Waals surface area contributed by atoms with Crippen LogP contribution in [0, 0.1) is 0 Å². The van der Waals surface area contributed by atoms with E-state index in [-0.39, 0.29) is 7.92 Å². The minimum absolute atomic E-state index is 0.332. The molecule has 2 aromatic carbocycles. The van der Waals surface area contributed by atoms with E-state index in [1.165, 1.54) is 10.9 Å². The van der Waals surface area contributed by atoms with Crippen LogP contribution < -0.4 is 19.5 Å². The van der Waals surface area contributed by atoms with Crippen LogP contribution in [-0.4, -0.2) is 26.2 Å². The lowest BCUT2D eigenvalue weighted by Crippen LogP contribution is -2.09. The van der Waals surface area contributed by atoms with E-state index in [0.29, 0.717) is 5.66 Å². The maximum atomic E-state index is 5.93. The van der Waals surface area contributed by atoms with E-state index in [4.69, 9.17) is 14.2 Å². The second-order valence-electron chi connectivity index (χ2n) is 5.53. The summed E-state index contributed by atoms with van der Waals surface area (Å²) in [7, 11) is 3.06. The average Bonchev–Trinajstić information content (AvgIpc) is 2.98. The largest absolute Gasteiger partial charge is 0.496 e. The fraction of sp³-hybridized carbons (Fsp3) is 0.333. The Morgan fingerprint density at radius 2 is 1.64 bits per heavy atom. The van der Waals surface area contributed by atoms with Crippen molar-refractivity contribution in [2.24, 2.45) is 0 Å². The van der Waals surface area contributed by atoms with Gasteiger partial charge in [0.05, 0.1) is 19.8 Å². The molecule has 0 fully saturated rings. The van der Waals surface area contributed by atoms with Crippen LogP contribution in [-0.2, 0) is 0 Å². The quantitative estimate of drug-likeness (QED) is 0.790. The summed E-state index contributed by atoms with van der Waals surface area (Å²) in [4.78, 5) is 0. The number of fused-ring (bicyclic) bond motifs is 1. The van der Waals surface area contributed by atoms with E-state index in [1.54, 1.807) is 14.2 Å². The monoisotopic (exact) mass is 316 g/mol. The number of ether oxygens (including phenoxy) is 3. The lowest BCUT2D eigenvalue weighted by atomic mass is 10.0. The van der Waals surface area contributed by atoms with E-state index in [2.05, 4.69) is 26.0 Å². The standard InChI is InChI=1S/C18H21O3P/c1-12(2)22-11-21-16-10-5-7-13(18(16)22)17-14(19-3)8-6-9-15(17)20-4/h5-10,12H,11H2,1-4H3/t22-/m0/s1. The molecule has 0 unspecified atom stereocenters. The fourth-order valence-electron chi connectivity index (χ4n) is 2.86. The molecule has 1 aliphatic rings. The van der Waals surface area contributed by atoms with Crippen molar-refractivity contribution in [2.45, 2.75) is 19.5 Å². The van der Waals surface area contributed by atoms with E-state index < -0.39 is 0 Å². The van der Waals surface area contributed by atoms with Crippen LogP contribution in [0.15, 0.2) is 36.4 Å². The van der Waals surface area contributed by atoms with Gasteiger partial charge in [0.15, 0.2) is 0 Å². The molecule has 0 aliphatic carbocycles. The lowest BCUT2D eigenvalue weighted by molar-refractivity contribution is 0.397. The molecule has 1 aliphatic heterocycles. The molecule has 0 spiro atoms. The Morgan fingerprint density at radius 1 is 1.00 bits per heavy atom. The molecular weight excluding hydrogens is 295 g/mol. The molecule has 0 bridgehead atoms. The van der Waals surface area contributed by atoms with Gasteiger partial charge in [0.25, 0.3) is 0 Å². The number of benzene rings is 2. The number of hydrogen-bond donors (Lipinski definition) is 0. The van der Waals surface area contributed by atoms with Crippen molar-refractivity contribution >= 4 is 13.2 Å². The topological polar surface area (TPSA) is 27.7 Å². The highest BCUT2D eigenvalue weighted by molar-refractivity contribution is 7.67. The van der Waals surface area contributed by atoms with Crippen LogP contribution >= 0.6 is 7.92 Å². The summed E-state index contributed by atoms with van der Waals surface area (Å²) in [6.07, 6.45) is 0.802. The second kappa shape index (κ2) is 6.18. The third-order valence-corrected chi connectivity index (χ3v) is 6.66. The smallest absolute Gasteiger partial charge is 0.130 e. The van der Waals surface area contributed by atoms with Gasteiger partial charge in [-0.3, -0.25) is 0 Å². The zero-order valence-electron chi connectivity index (χ0n) is 13.4. The van der Waals surface area contributed by atoms with Crippen LogP contribution in [0.25, 0.3) is 11.1 Å². The molecule has 0 amide bonds. The van der Waals surface area contributed by atoms with Crippen molar-refractivity contribution < 1.29 is 14.2 Å². The molecule has 0 saturated heterocycles. The highest BCUT2D eigenvalue weighted by Crippen LogP contribution is 2.52. The Morgan fingerprint density at radius 3 is 2.23 bits per heavy atom. The van der Waals surface area contributed by atoms with Gasteiger partial charge in [0, 0.05) is 10.9 Å². The zero-order chi connectivity index (χ0) is 15.7. The molecule has 22 heavy (non-hydrogen) atoms. The highest BCUT2D eigenvalue weighted by Gasteiger charge is 2.31. The van der Waals surface area contributed by atoms with Crippen molar-refractivity contribution in [1.82, 2.24) is 0 Å². The molecule has 116 valence electrons. The summed E-state index contributed by atoms with van der Waals surface area (Å²) >= 11 is 0. The maximum Gasteiger partial charge on any atom is 0.130 e. The lowest BCUT2D eigenvalue weighted by Gasteiger charge is -2.20. The first-order valence-corrected chi connectivity index (χ1v) is 9.00. The molecule has 0 radical (unpaired) electrons. The van der Waals surface area contributed by atoms with Crippen molar-refractivity contribution in [3.8, 4) is 28.4 Å². The van der Waals surface area contributed by atoms with Crippen molar-refractivity contribution in [3.05, 3.63) is 36.4 Å². The van der Waals surface area contributed by atoms with Crippen LogP contribution in [0.2, 0.25) is 0 Å². The number of hydrogen-bond acceptors (Lipinski definition) is 3. The normalized spacial score (nSPS) is 16.3. The van der Waals surface area contributed by atoms with Gasteiger partial charge in [0.2, 0.25) is 0 Å². The van der Waals surface area contributed by atoms with Crippen molar-refractivity contribution in [1.29, 1.82) is 0 Å². The first kappa shape index (κ1) is 15.2. The summed E-state index contributed by atoms with van der Waals surface area (Å²) in [5.74, 6) is 2.67. The van der Waals surface area contributed by atoms with Gasteiger partial charge in [-0.1, -0.05) is 32.0 Å². The predicted molar refractivity (Wildman–Crippen MR) is 92.2 cm³/mol. The first-order chi connectivity index (χ1) is 10.7. The first-order valence-electron chi connectivity index (χ1n) is 7.41. The SMILES string of the molecule is COc1cccc(OC)c1-c1cccc2c1[P@](C(C)C)CO2. The fourth-order valence-corrected chi connectivity index (χ4v) is 5.00. The van der Waals surface area contributed by atoms with Crippen LogP contribution in [0.5, 0.6) is 17.2 Å². The highest BCUT2D eigenvalue weighted by atomic mass is 31.1. The Hall–Kier alpha value is -1.73. The van der Waals surface area contributed by atoms with Gasteiger partial charge >= 0.3 is 0 Å². The third-order valence-electron chi connectivity index (χ3n) is 3.97. The molecule has 3 rings (SSSR count). The van der Waals surface area contributed by atoms with Gasteiger partial charge in [-0.25, -0.2) is 0 Å². The van der Waals surface area contributed by atoms with Gasteiger partial charge in [-0.05, 0) is 31.8 Å². The summed E-state index contributed by atoms with van der Waals surface area (Å²) in [5, 5.41) is 1.33. The average molecular weight is 316 g/mol.